The molecule has 7 heteroatoms. The van der Waals surface area contributed by atoms with Crippen molar-refractivity contribution >= 4 is 40.0 Å². The fourth-order valence-electron chi connectivity index (χ4n) is 2.82. The predicted molar refractivity (Wildman–Crippen MR) is 112 cm³/mol. The minimum Gasteiger partial charge on any atom is -0.340 e. The number of fused-ring (bicyclic) bond motifs is 1. The van der Waals surface area contributed by atoms with E-state index in [0.29, 0.717) is 22.6 Å². The van der Waals surface area contributed by atoms with Crippen LogP contribution in [0.3, 0.4) is 0 Å². The molecule has 0 atom stereocenters. The second-order valence-electron chi connectivity index (χ2n) is 6.22. The number of anilines is 3. The van der Waals surface area contributed by atoms with Gasteiger partial charge in [0.2, 0.25) is 0 Å². The lowest BCUT2D eigenvalue weighted by Crippen LogP contribution is -2.34. The van der Waals surface area contributed by atoms with Crippen molar-refractivity contribution < 1.29 is 9.59 Å². The van der Waals surface area contributed by atoms with Gasteiger partial charge in [-0.15, -0.1) is 0 Å². The van der Waals surface area contributed by atoms with Crippen molar-refractivity contribution in [3.63, 3.8) is 0 Å². The highest BCUT2D eigenvalue weighted by molar-refractivity contribution is 6.08. The Hall–Kier alpha value is -4.26. The van der Waals surface area contributed by atoms with Crippen molar-refractivity contribution in [2.75, 3.05) is 10.6 Å². The monoisotopic (exact) mass is 383 g/mol. The molecule has 0 spiro atoms. The number of rotatable bonds is 4. The van der Waals surface area contributed by atoms with E-state index in [0.717, 1.165) is 11.1 Å². The van der Waals surface area contributed by atoms with E-state index < -0.39 is 11.9 Å². The largest absolute Gasteiger partial charge is 0.340 e. The molecule has 0 saturated heterocycles. The third-order valence-electron chi connectivity index (χ3n) is 4.19. The van der Waals surface area contributed by atoms with Crippen LogP contribution in [0.25, 0.3) is 10.9 Å². The average molecular weight is 383 g/mol. The van der Waals surface area contributed by atoms with Crippen LogP contribution in [0.15, 0.2) is 85.2 Å². The van der Waals surface area contributed by atoms with Crippen LogP contribution in [0.2, 0.25) is 0 Å². The second kappa shape index (κ2) is 8.18. The third-order valence-corrected chi connectivity index (χ3v) is 4.19. The van der Waals surface area contributed by atoms with Gasteiger partial charge in [0.1, 0.15) is 12.1 Å². The first-order chi connectivity index (χ1) is 14.2. The number of urea groups is 1. The van der Waals surface area contributed by atoms with Gasteiger partial charge in [0.05, 0.1) is 5.52 Å². The number of aromatic nitrogens is 2. The summed E-state index contributed by atoms with van der Waals surface area (Å²) >= 11 is 0. The molecular weight excluding hydrogens is 366 g/mol. The average Bonchev–Trinajstić information content (AvgIpc) is 2.75. The van der Waals surface area contributed by atoms with Gasteiger partial charge in [-0.05, 0) is 42.5 Å². The summed E-state index contributed by atoms with van der Waals surface area (Å²) in [6.45, 7) is 0. The summed E-state index contributed by atoms with van der Waals surface area (Å²) in [7, 11) is 0. The molecule has 0 aliphatic rings. The zero-order chi connectivity index (χ0) is 20.1. The standard InChI is InChI=1S/C22H17N5O2/c28-21(15-7-3-1-4-8-15)27-22(29)26-17-11-12-18-19(13-17)23-14-24-20(18)25-16-9-5-2-6-10-16/h1-14H,(H,23,24,25)(H2,26,27,28,29). The Morgan fingerprint density at radius 2 is 1.48 bits per heavy atom. The first kappa shape index (κ1) is 18.1. The molecule has 0 saturated carbocycles. The zero-order valence-corrected chi connectivity index (χ0v) is 15.3. The van der Waals surface area contributed by atoms with Crippen LogP contribution < -0.4 is 16.0 Å². The minimum absolute atomic E-state index is 0.408. The molecule has 3 N–H and O–H groups in total. The van der Waals surface area contributed by atoms with Gasteiger partial charge in [-0.25, -0.2) is 14.8 Å². The maximum absolute atomic E-state index is 12.2. The van der Waals surface area contributed by atoms with Crippen LogP contribution >= 0.6 is 0 Å². The molecule has 29 heavy (non-hydrogen) atoms. The Kier molecular flexibility index (Phi) is 5.11. The Labute approximate surface area is 166 Å². The lowest BCUT2D eigenvalue weighted by atomic mass is 10.2. The Balaban J connectivity index is 1.49. The molecular formula is C22H17N5O2. The zero-order valence-electron chi connectivity index (χ0n) is 15.3. The molecule has 0 bridgehead atoms. The van der Waals surface area contributed by atoms with Crippen molar-refractivity contribution in [1.82, 2.24) is 15.3 Å². The Morgan fingerprint density at radius 1 is 0.759 bits per heavy atom. The first-order valence-corrected chi connectivity index (χ1v) is 8.93. The predicted octanol–water partition coefficient (Wildman–Crippen LogP) is 4.34. The highest BCUT2D eigenvalue weighted by Gasteiger charge is 2.11. The summed E-state index contributed by atoms with van der Waals surface area (Å²) in [4.78, 5) is 32.8. The Bertz CT molecular complexity index is 1160. The molecule has 142 valence electrons. The number of benzene rings is 3. The molecule has 1 heterocycles. The normalized spacial score (nSPS) is 10.3. The van der Waals surface area contributed by atoms with Crippen LogP contribution in [0, 0.1) is 0 Å². The van der Waals surface area contributed by atoms with E-state index in [9.17, 15) is 9.59 Å². The van der Waals surface area contributed by atoms with Gasteiger partial charge in [0.25, 0.3) is 5.91 Å². The van der Waals surface area contributed by atoms with E-state index in [1.807, 2.05) is 36.4 Å². The van der Waals surface area contributed by atoms with Crippen molar-refractivity contribution in [3.8, 4) is 0 Å². The molecule has 4 aromatic rings. The number of nitrogens with one attached hydrogen (secondary N) is 3. The molecule has 1 aromatic heterocycles. The third kappa shape index (κ3) is 4.36. The van der Waals surface area contributed by atoms with Gasteiger partial charge in [0.15, 0.2) is 0 Å². The van der Waals surface area contributed by atoms with E-state index in [2.05, 4.69) is 25.9 Å². The fourth-order valence-corrected chi connectivity index (χ4v) is 2.82. The first-order valence-electron chi connectivity index (χ1n) is 8.93. The van der Waals surface area contributed by atoms with Gasteiger partial charge in [0, 0.05) is 22.3 Å². The van der Waals surface area contributed by atoms with E-state index >= 15 is 0 Å². The number of carbonyl (C=O) groups excluding carboxylic acids is 2. The van der Waals surface area contributed by atoms with Crippen LogP contribution in [-0.2, 0) is 0 Å². The summed E-state index contributed by atoms with van der Waals surface area (Å²) in [5, 5.41) is 9.02. The molecule has 0 aliphatic heterocycles. The van der Waals surface area contributed by atoms with E-state index in [1.54, 1.807) is 42.5 Å². The number of hydrogen-bond donors (Lipinski definition) is 3. The summed E-state index contributed by atoms with van der Waals surface area (Å²) in [5.41, 5.74) is 2.49. The van der Waals surface area contributed by atoms with Crippen LogP contribution in [0.4, 0.5) is 22.0 Å². The molecule has 0 unspecified atom stereocenters. The lowest BCUT2D eigenvalue weighted by molar-refractivity contribution is 0.0967. The number of amides is 3. The van der Waals surface area contributed by atoms with E-state index in [4.69, 9.17) is 0 Å². The van der Waals surface area contributed by atoms with Crippen molar-refractivity contribution in [3.05, 3.63) is 90.8 Å². The molecule has 0 aliphatic carbocycles. The summed E-state index contributed by atoms with van der Waals surface area (Å²) < 4.78 is 0. The minimum atomic E-state index is -0.616. The van der Waals surface area contributed by atoms with Gasteiger partial charge in [-0.3, -0.25) is 10.1 Å². The Morgan fingerprint density at radius 3 is 2.24 bits per heavy atom. The van der Waals surface area contributed by atoms with Crippen LogP contribution in [0.5, 0.6) is 0 Å². The van der Waals surface area contributed by atoms with E-state index in [1.165, 1.54) is 6.33 Å². The second-order valence-corrected chi connectivity index (χ2v) is 6.22. The maximum atomic E-state index is 12.2. The molecule has 4 rings (SSSR count). The van der Waals surface area contributed by atoms with E-state index in [-0.39, 0.29) is 0 Å². The van der Waals surface area contributed by atoms with Crippen molar-refractivity contribution in [2.24, 2.45) is 0 Å². The van der Waals surface area contributed by atoms with Gasteiger partial charge in [-0.1, -0.05) is 36.4 Å². The quantitative estimate of drug-likeness (QED) is 0.487. The van der Waals surface area contributed by atoms with Gasteiger partial charge < -0.3 is 10.6 Å². The van der Waals surface area contributed by atoms with Crippen LogP contribution in [0.1, 0.15) is 10.4 Å². The lowest BCUT2D eigenvalue weighted by Gasteiger charge is -2.10. The number of carbonyl (C=O) groups is 2. The number of para-hydroxylation sites is 1. The highest BCUT2D eigenvalue weighted by atomic mass is 16.2. The molecule has 0 fully saturated rings. The molecule has 3 aromatic carbocycles. The summed E-state index contributed by atoms with van der Waals surface area (Å²) in [6.07, 6.45) is 1.45. The smallest absolute Gasteiger partial charge is 0.326 e. The number of nitrogens with zero attached hydrogens (tertiary/aromatic N) is 2. The van der Waals surface area contributed by atoms with Gasteiger partial charge in [-0.2, -0.15) is 0 Å². The summed E-state index contributed by atoms with van der Waals surface area (Å²) in [5.74, 6) is 0.192. The topological polar surface area (TPSA) is 96.0 Å². The number of hydrogen-bond acceptors (Lipinski definition) is 5. The van der Waals surface area contributed by atoms with Crippen molar-refractivity contribution in [1.29, 1.82) is 0 Å². The van der Waals surface area contributed by atoms with Gasteiger partial charge >= 0.3 is 6.03 Å². The fraction of sp³-hybridized carbons (Fsp3) is 0. The SMILES string of the molecule is O=C(NC(=O)c1ccccc1)Nc1ccc2c(Nc3ccccc3)ncnc2c1. The van der Waals surface area contributed by atoms with Crippen molar-refractivity contribution in [2.45, 2.75) is 0 Å². The molecule has 7 nitrogen and oxygen atoms in total. The highest BCUT2D eigenvalue weighted by Crippen LogP contribution is 2.25. The molecule has 0 radical (unpaired) electrons. The number of imide groups is 1. The maximum Gasteiger partial charge on any atom is 0.326 e. The van der Waals surface area contributed by atoms with Crippen LogP contribution in [-0.4, -0.2) is 21.9 Å². The molecule has 3 amide bonds. The summed E-state index contributed by atoms with van der Waals surface area (Å²) in [6, 6.07) is 22.9.